The summed E-state index contributed by atoms with van der Waals surface area (Å²) in [6, 6.07) is 14.3. The molecule has 1 nitrogen and oxygen atoms in total. The van der Waals surface area contributed by atoms with Crippen molar-refractivity contribution in [2.24, 2.45) is 0 Å². The van der Waals surface area contributed by atoms with Gasteiger partial charge >= 0.3 is 0 Å². The van der Waals surface area contributed by atoms with E-state index in [1.165, 1.54) is 11.1 Å². The van der Waals surface area contributed by atoms with Gasteiger partial charge in [0, 0.05) is 16.5 Å². The van der Waals surface area contributed by atoms with Gasteiger partial charge in [-0.25, -0.2) is 0 Å². The van der Waals surface area contributed by atoms with Gasteiger partial charge in [0.05, 0.1) is 16.8 Å². The molecule has 2 aromatic rings. The van der Waals surface area contributed by atoms with Crippen LogP contribution in [-0.2, 0) is 5.75 Å². The van der Waals surface area contributed by atoms with Crippen molar-refractivity contribution in [3.8, 4) is 0 Å². The van der Waals surface area contributed by atoms with Crippen molar-refractivity contribution in [2.45, 2.75) is 11.8 Å². The molecule has 4 heteroatoms. The van der Waals surface area contributed by atoms with Crippen LogP contribution in [0.2, 0.25) is 10.0 Å². The molecule has 0 aliphatic carbocycles. The van der Waals surface area contributed by atoms with Gasteiger partial charge < -0.3 is 5.32 Å². The third-order valence-corrected chi connectivity index (χ3v) is 4.88. The minimum atomic E-state index is 0.283. The number of anilines is 1. The van der Waals surface area contributed by atoms with Gasteiger partial charge in [-0.2, -0.15) is 11.8 Å². The van der Waals surface area contributed by atoms with Crippen LogP contribution in [0.15, 0.2) is 42.5 Å². The Hall–Kier alpha value is -0.830. The Kier molecular flexibility index (Phi) is 3.92. The summed E-state index contributed by atoms with van der Waals surface area (Å²) in [5.41, 5.74) is 3.66. The molecule has 0 saturated carbocycles. The van der Waals surface area contributed by atoms with Crippen LogP contribution in [0.3, 0.4) is 0 Å². The van der Waals surface area contributed by atoms with Gasteiger partial charge in [0.1, 0.15) is 0 Å². The first kappa shape index (κ1) is 13.2. The van der Waals surface area contributed by atoms with Crippen molar-refractivity contribution in [1.82, 2.24) is 0 Å². The largest absolute Gasteiger partial charge is 0.376 e. The van der Waals surface area contributed by atoms with E-state index < -0.39 is 0 Å². The first-order valence-electron chi connectivity index (χ1n) is 6.11. The first-order chi connectivity index (χ1) is 9.24. The normalized spacial score (nSPS) is 17.9. The zero-order chi connectivity index (χ0) is 13.2. The summed E-state index contributed by atoms with van der Waals surface area (Å²) in [7, 11) is 0. The molecule has 1 unspecified atom stereocenters. The number of benzene rings is 2. The van der Waals surface area contributed by atoms with E-state index in [9.17, 15) is 0 Å². The molecule has 0 spiro atoms. The second kappa shape index (κ2) is 5.66. The third kappa shape index (κ3) is 2.86. The lowest BCUT2D eigenvalue weighted by Gasteiger charge is -2.27. The lowest BCUT2D eigenvalue weighted by atomic mass is 10.0. The lowest BCUT2D eigenvalue weighted by molar-refractivity contribution is 0.871. The van der Waals surface area contributed by atoms with E-state index in [1.54, 1.807) is 6.07 Å². The molecule has 0 radical (unpaired) electrons. The van der Waals surface area contributed by atoms with E-state index in [0.29, 0.717) is 10.0 Å². The number of nitrogens with one attached hydrogen (secondary N) is 1. The van der Waals surface area contributed by atoms with E-state index in [1.807, 2.05) is 23.9 Å². The van der Waals surface area contributed by atoms with Crippen LogP contribution in [0.1, 0.15) is 17.2 Å². The summed E-state index contributed by atoms with van der Waals surface area (Å²) in [5.74, 6) is 2.12. The fourth-order valence-electron chi connectivity index (χ4n) is 2.30. The highest BCUT2D eigenvalue weighted by Crippen LogP contribution is 2.36. The molecule has 19 heavy (non-hydrogen) atoms. The van der Waals surface area contributed by atoms with Gasteiger partial charge in [-0.3, -0.25) is 0 Å². The van der Waals surface area contributed by atoms with Crippen molar-refractivity contribution < 1.29 is 0 Å². The van der Waals surface area contributed by atoms with Crippen LogP contribution in [0.4, 0.5) is 5.69 Å². The van der Waals surface area contributed by atoms with Crippen molar-refractivity contribution in [3.05, 3.63) is 63.6 Å². The number of hydrogen-bond acceptors (Lipinski definition) is 2. The Balaban J connectivity index is 1.90. The van der Waals surface area contributed by atoms with Gasteiger partial charge in [0.2, 0.25) is 0 Å². The van der Waals surface area contributed by atoms with Crippen molar-refractivity contribution in [2.75, 3.05) is 11.1 Å². The summed E-state index contributed by atoms with van der Waals surface area (Å²) >= 11 is 14.2. The maximum atomic E-state index is 6.21. The minimum Gasteiger partial charge on any atom is -0.376 e. The Morgan fingerprint density at radius 1 is 1.11 bits per heavy atom. The molecule has 3 rings (SSSR count). The quantitative estimate of drug-likeness (QED) is 0.797. The summed E-state index contributed by atoms with van der Waals surface area (Å²) in [6.45, 7) is 0. The zero-order valence-electron chi connectivity index (χ0n) is 10.2. The zero-order valence-corrected chi connectivity index (χ0v) is 12.5. The number of fused-ring (bicyclic) bond motifs is 1. The van der Waals surface area contributed by atoms with Crippen LogP contribution in [0, 0.1) is 0 Å². The van der Waals surface area contributed by atoms with Crippen molar-refractivity contribution >= 4 is 40.7 Å². The van der Waals surface area contributed by atoms with Gasteiger partial charge in [-0.05, 0) is 29.3 Å². The highest BCUT2D eigenvalue weighted by molar-refractivity contribution is 7.98. The second-order valence-electron chi connectivity index (χ2n) is 4.54. The molecule has 1 atom stereocenters. The molecule has 0 amide bonds. The fourth-order valence-corrected chi connectivity index (χ4v) is 3.74. The van der Waals surface area contributed by atoms with Crippen LogP contribution in [0.5, 0.6) is 0 Å². The number of rotatable bonds is 2. The van der Waals surface area contributed by atoms with Gasteiger partial charge in [0.25, 0.3) is 0 Å². The van der Waals surface area contributed by atoms with E-state index in [4.69, 9.17) is 23.2 Å². The molecule has 0 aromatic heterocycles. The highest BCUT2D eigenvalue weighted by atomic mass is 35.5. The second-order valence-corrected chi connectivity index (χ2v) is 6.41. The van der Waals surface area contributed by atoms with Crippen LogP contribution >= 0.6 is 35.0 Å². The van der Waals surface area contributed by atoms with Gasteiger partial charge in [0.15, 0.2) is 0 Å². The maximum absolute atomic E-state index is 6.21. The van der Waals surface area contributed by atoms with Crippen LogP contribution < -0.4 is 5.32 Å². The number of hydrogen-bond donors (Lipinski definition) is 1. The molecular weight excluding hydrogens is 297 g/mol. The predicted molar refractivity (Wildman–Crippen MR) is 85.4 cm³/mol. The fraction of sp³-hybridized carbons (Fsp3) is 0.200. The standard InChI is InChI=1S/C15H13Cl2NS/c16-11-5-6-13(17)14(7-11)18-15-9-19-8-10-3-1-2-4-12(10)15/h1-7,15,18H,8-9H2. The smallest absolute Gasteiger partial charge is 0.0638 e. The lowest BCUT2D eigenvalue weighted by Crippen LogP contribution is -2.18. The van der Waals surface area contributed by atoms with Gasteiger partial charge in [-0.15, -0.1) is 0 Å². The molecule has 98 valence electrons. The predicted octanol–water partition coefficient (Wildman–Crippen LogP) is 5.39. The highest BCUT2D eigenvalue weighted by Gasteiger charge is 2.20. The molecule has 1 N–H and O–H groups in total. The van der Waals surface area contributed by atoms with E-state index in [0.717, 1.165) is 17.2 Å². The Labute approximate surface area is 127 Å². The summed E-state index contributed by atoms with van der Waals surface area (Å²) in [6.07, 6.45) is 0. The molecule has 1 heterocycles. The van der Waals surface area contributed by atoms with Crippen LogP contribution in [-0.4, -0.2) is 5.75 Å². The molecule has 1 aliphatic heterocycles. The van der Waals surface area contributed by atoms with E-state index in [-0.39, 0.29) is 6.04 Å². The van der Waals surface area contributed by atoms with Crippen LogP contribution in [0.25, 0.3) is 0 Å². The Bertz CT molecular complexity index is 600. The molecule has 0 saturated heterocycles. The summed E-state index contributed by atoms with van der Waals surface area (Å²) in [4.78, 5) is 0. The monoisotopic (exact) mass is 309 g/mol. The SMILES string of the molecule is Clc1ccc(Cl)c(NC2CSCc3ccccc32)c1. The van der Waals surface area contributed by atoms with Gasteiger partial charge in [-0.1, -0.05) is 47.5 Å². The van der Waals surface area contributed by atoms with E-state index >= 15 is 0 Å². The molecule has 1 aliphatic rings. The molecule has 0 bridgehead atoms. The van der Waals surface area contributed by atoms with E-state index in [2.05, 4.69) is 29.6 Å². The minimum absolute atomic E-state index is 0.283. The summed E-state index contributed by atoms with van der Waals surface area (Å²) < 4.78 is 0. The molecule has 2 aromatic carbocycles. The molecule has 0 fully saturated rings. The maximum Gasteiger partial charge on any atom is 0.0638 e. The third-order valence-electron chi connectivity index (χ3n) is 3.23. The average molecular weight is 310 g/mol. The summed E-state index contributed by atoms with van der Waals surface area (Å²) in [5, 5.41) is 4.91. The number of halogens is 2. The first-order valence-corrected chi connectivity index (χ1v) is 8.02. The topological polar surface area (TPSA) is 12.0 Å². The average Bonchev–Trinajstić information content (AvgIpc) is 2.43. The Morgan fingerprint density at radius 2 is 1.95 bits per heavy atom. The van der Waals surface area contributed by atoms with Crippen molar-refractivity contribution in [3.63, 3.8) is 0 Å². The molecular formula is C15H13Cl2NS. The Morgan fingerprint density at radius 3 is 2.84 bits per heavy atom. The van der Waals surface area contributed by atoms with Crippen molar-refractivity contribution in [1.29, 1.82) is 0 Å². The number of thioether (sulfide) groups is 1.